The Labute approximate surface area is 164 Å². The Hall–Kier alpha value is -1.89. The standard InChI is InChI=1S/C20H27N5OS/c1-13-5-3-7-17(14(13)2)22-18(26)12-27-20-24-23-19(25(20)16-8-9-16)15-6-4-10-21-11-15/h4,6,10-11,13-14,16-17H,3,5,7-9,12H2,1-2H3,(H,22,26)/t13-,14-,17+/m1/s1. The van der Waals surface area contributed by atoms with E-state index in [4.69, 9.17) is 0 Å². The highest BCUT2D eigenvalue weighted by Gasteiger charge is 2.31. The van der Waals surface area contributed by atoms with Gasteiger partial charge in [0.05, 0.1) is 5.75 Å². The van der Waals surface area contributed by atoms with Gasteiger partial charge >= 0.3 is 0 Å². The molecule has 2 aromatic heterocycles. The van der Waals surface area contributed by atoms with E-state index in [9.17, 15) is 4.79 Å². The van der Waals surface area contributed by atoms with Gasteiger partial charge in [-0.25, -0.2) is 0 Å². The van der Waals surface area contributed by atoms with Crippen LogP contribution in [0.15, 0.2) is 29.7 Å². The first-order valence-corrected chi connectivity index (χ1v) is 10.9. The molecule has 0 unspecified atom stereocenters. The number of nitrogens with zero attached hydrogens (tertiary/aromatic N) is 4. The third-order valence-corrected chi connectivity index (χ3v) is 6.82. The quantitative estimate of drug-likeness (QED) is 0.768. The summed E-state index contributed by atoms with van der Waals surface area (Å²) in [5.41, 5.74) is 0.971. The number of carbonyl (C=O) groups is 1. The SMILES string of the molecule is C[C@@H]1[C@H](C)CCC[C@@H]1NC(=O)CSc1nnc(-c2cccnc2)n1C1CC1. The van der Waals surface area contributed by atoms with Crippen molar-refractivity contribution in [3.63, 3.8) is 0 Å². The molecule has 1 amide bonds. The van der Waals surface area contributed by atoms with Crippen LogP contribution in [0.5, 0.6) is 0 Å². The largest absolute Gasteiger partial charge is 0.352 e. The van der Waals surface area contributed by atoms with Gasteiger partial charge in [-0.1, -0.05) is 38.5 Å². The van der Waals surface area contributed by atoms with Crippen molar-refractivity contribution in [1.29, 1.82) is 0 Å². The molecule has 0 spiro atoms. The molecule has 6 nitrogen and oxygen atoms in total. The minimum atomic E-state index is 0.0965. The second-order valence-corrected chi connectivity index (χ2v) is 8.82. The van der Waals surface area contributed by atoms with E-state index in [1.165, 1.54) is 24.6 Å². The number of amides is 1. The first kappa shape index (κ1) is 18.5. The molecule has 7 heteroatoms. The normalized spacial score (nSPS) is 25.3. The summed E-state index contributed by atoms with van der Waals surface area (Å²) in [6.45, 7) is 4.54. The number of hydrogen-bond donors (Lipinski definition) is 1. The van der Waals surface area contributed by atoms with Gasteiger partial charge in [0.1, 0.15) is 0 Å². The lowest BCUT2D eigenvalue weighted by Crippen LogP contribution is -2.44. The number of thioether (sulfide) groups is 1. The highest BCUT2D eigenvalue weighted by molar-refractivity contribution is 7.99. The van der Waals surface area contributed by atoms with Gasteiger partial charge in [0.2, 0.25) is 5.91 Å². The molecule has 2 fully saturated rings. The molecule has 1 N–H and O–H groups in total. The van der Waals surface area contributed by atoms with Crippen molar-refractivity contribution >= 4 is 17.7 Å². The van der Waals surface area contributed by atoms with Crippen molar-refractivity contribution < 1.29 is 4.79 Å². The molecule has 0 radical (unpaired) electrons. The fraction of sp³-hybridized carbons (Fsp3) is 0.600. The van der Waals surface area contributed by atoms with E-state index >= 15 is 0 Å². The fourth-order valence-corrected chi connectivity index (χ4v) is 4.71. The van der Waals surface area contributed by atoms with Gasteiger partial charge in [-0.05, 0) is 43.2 Å². The van der Waals surface area contributed by atoms with Crippen LogP contribution < -0.4 is 5.32 Å². The van der Waals surface area contributed by atoms with E-state index in [1.54, 1.807) is 6.20 Å². The molecule has 27 heavy (non-hydrogen) atoms. The third kappa shape index (κ3) is 4.18. The Morgan fingerprint density at radius 3 is 2.85 bits per heavy atom. The van der Waals surface area contributed by atoms with E-state index in [0.29, 0.717) is 29.7 Å². The van der Waals surface area contributed by atoms with Gasteiger partial charge in [-0.2, -0.15) is 0 Å². The van der Waals surface area contributed by atoms with Crippen LogP contribution in [0.25, 0.3) is 11.4 Å². The van der Waals surface area contributed by atoms with Crippen LogP contribution in [0, 0.1) is 11.8 Å². The predicted molar refractivity (Wildman–Crippen MR) is 106 cm³/mol. The Bertz CT molecular complexity index is 789. The fourth-order valence-electron chi connectivity index (χ4n) is 3.89. The number of hydrogen-bond acceptors (Lipinski definition) is 5. The van der Waals surface area contributed by atoms with Crippen LogP contribution >= 0.6 is 11.8 Å². The smallest absolute Gasteiger partial charge is 0.230 e. The zero-order chi connectivity index (χ0) is 18.8. The third-order valence-electron chi connectivity index (χ3n) is 5.88. The highest BCUT2D eigenvalue weighted by Crippen LogP contribution is 2.41. The first-order valence-electron chi connectivity index (χ1n) is 9.91. The second kappa shape index (κ2) is 8.00. The molecule has 4 rings (SSSR count). The van der Waals surface area contributed by atoms with Crippen LogP contribution in [-0.2, 0) is 4.79 Å². The number of nitrogens with one attached hydrogen (secondary N) is 1. The highest BCUT2D eigenvalue weighted by atomic mass is 32.2. The van der Waals surface area contributed by atoms with Crippen LogP contribution in [0.4, 0.5) is 0 Å². The molecule has 2 aliphatic carbocycles. The summed E-state index contributed by atoms with van der Waals surface area (Å²) in [7, 11) is 0. The predicted octanol–water partition coefficient (Wildman–Crippen LogP) is 3.71. The van der Waals surface area contributed by atoms with Crippen LogP contribution in [-0.4, -0.2) is 37.5 Å². The number of pyridine rings is 1. The summed E-state index contributed by atoms with van der Waals surface area (Å²) in [6, 6.07) is 4.66. The lowest BCUT2D eigenvalue weighted by atomic mass is 9.78. The maximum Gasteiger partial charge on any atom is 0.230 e. The minimum Gasteiger partial charge on any atom is -0.352 e. The average Bonchev–Trinajstić information content (AvgIpc) is 3.43. The summed E-state index contributed by atoms with van der Waals surface area (Å²) in [6.07, 6.45) is 9.42. The van der Waals surface area contributed by atoms with Crippen LogP contribution in [0.3, 0.4) is 0 Å². The van der Waals surface area contributed by atoms with Crippen molar-refractivity contribution in [2.75, 3.05) is 5.75 Å². The van der Waals surface area contributed by atoms with Crippen LogP contribution in [0.2, 0.25) is 0 Å². The van der Waals surface area contributed by atoms with E-state index in [-0.39, 0.29) is 5.91 Å². The van der Waals surface area contributed by atoms with E-state index in [1.807, 2.05) is 18.3 Å². The summed E-state index contributed by atoms with van der Waals surface area (Å²) in [5.74, 6) is 2.55. The minimum absolute atomic E-state index is 0.0965. The van der Waals surface area contributed by atoms with Crippen LogP contribution in [0.1, 0.15) is 52.0 Å². The first-order chi connectivity index (χ1) is 13.1. The van der Waals surface area contributed by atoms with Gasteiger partial charge < -0.3 is 5.32 Å². The molecule has 0 aromatic carbocycles. The van der Waals surface area contributed by atoms with Crippen molar-refractivity contribution in [1.82, 2.24) is 25.1 Å². The van der Waals surface area contributed by atoms with E-state index < -0.39 is 0 Å². The summed E-state index contributed by atoms with van der Waals surface area (Å²) < 4.78 is 2.18. The molecular weight excluding hydrogens is 358 g/mol. The van der Waals surface area contributed by atoms with Gasteiger partial charge in [0.25, 0.3) is 0 Å². The molecule has 0 aliphatic heterocycles. The molecule has 0 saturated heterocycles. The molecule has 2 heterocycles. The van der Waals surface area contributed by atoms with Crippen molar-refractivity contribution in [2.24, 2.45) is 11.8 Å². The van der Waals surface area contributed by atoms with Gasteiger partial charge in [-0.3, -0.25) is 14.3 Å². The summed E-state index contributed by atoms with van der Waals surface area (Å²) >= 11 is 1.49. The summed E-state index contributed by atoms with van der Waals surface area (Å²) in [4.78, 5) is 16.7. The Kier molecular flexibility index (Phi) is 5.48. The molecule has 3 atom stereocenters. The Balaban J connectivity index is 1.41. The molecule has 2 aromatic rings. The van der Waals surface area contributed by atoms with Crippen molar-refractivity contribution in [2.45, 2.75) is 63.2 Å². The van der Waals surface area contributed by atoms with Gasteiger partial charge in [-0.15, -0.1) is 10.2 Å². The zero-order valence-electron chi connectivity index (χ0n) is 16.0. The number of carbonyl (C=O) groups excluding carboxylic acids is 1. The molecule has 144 valence electrons. The van der Waals surface area contributed by atoms with E-state index in [2.05, 4.69) is 38.9 Å². The van der Waals surface area contributed by atoms with Gasteiger partial charge in [0.15, 0.2) is 11.0 Å². The zero-order valence-corrected chi connectivity index (χ0v) is 16.8. The maximum absolute atomic E-state index is 12.5. The molecule has 0 bridgehead atoms. The van der Waals surface area contributed by atoms with Crippen molar-refractivity contribution in [3.05, 3.63) is 24.5 Å². The van der Waals surface area contributed by atoms with Crippen molar-refractivity contribution in [3.8, 4) is 11.4 Å². The molecule has 2 aliphatic rings. The van der Waals surface area contributed by atoms with E-state index in [0.717, 1.165) is 35.8 Å². The lowest BCUT2D eigenvalue weighted by molar-refractivity contribution is -0.120. The van der Waals surface area contributed by atoms with Gasteiger partial charge in [0, 0.05) is 30.0 Å². The maximum atomic E-state index is 12.5. The Morgan fingerprint density at radius 2 is 2.11 bits per heavy atom. The topological polar surface area (TPSA) is 72.7 Å². The molecular formula is C20H27N5OS. The lowest BCUT2D eigenvalue weighted by Gasteiger charge is -2.34. The Morgan fingerprint density at radius 1 is 1.26 bits per heavy atom. The monoisotopic (exact) mass is 385 g/mol. The number of rotatable bonds is 6. The summed E-state index contributed by atoms with van der Waals surface area (Å²) in [5, 5.41) is 12.8. The molecule has 2 saturated carbocycles. The average molecular weight is 386 g/mol. The number of aromatic nitrogens is 4. The second-order valence-electron chi connectivity index (χ2n) is 7.88.